The maximum absolute atomic E-state index is 6.58. The van der Waals surface area contributed by atoms with Gasteiger partial charge in [0.05, 0.1) is 21.9 Å². The van der Waals surface area contributed by atoms with E-state index in [-0.39, 0.29) is 0 Å². The molecule has 0 radical (unpaired) electrons. The van der Waals surface area contributed by atoms with Crippen LogP contribution in [0.25, 0.3) is 44.3 Å². The van der Waals surface area contributed by atoms with Gasteiger partial charge in [0.1, 0.15) is 0 Å². The van der Waals surface area contributed by atoms with Gasteiger partial charge in [-0.2, -0.15) is 0 Å². The van der Waals surface area contributed by atoms with Gasteiger partial charge in [0.15, 0.2) is 0 Å². The largest absolute Gasteiger partial charge is 0.354 e. The van der Waals surface area contributed by atoms with Gasteiger partial charge in [0.2, 0.25) is 0 Å². The van der Waals surface area contributed by atoms with Crippen LogP contribution < -0.4 is 0 Å². The highest BCUT2D eigenvalue weighted by molar-refractivity contribution is 6.35. The van der Waals surface area contributed by atoms with Gasteiger partial charge in [-0.1, -0.05) is 78.3 Å². The SMILES string of the molecule is Clc1cc(-c2c(-c3ccccc3)[nH]c3ccccc23)nc2ccccc12. The van der Waals surface area contributed by atoms with Gasteiger partial charge >= 0.3 is 0 Å². The third kappa shape index (κ3) is 2.39. The highest BCUT2D eigenvalue weighted by atomic mass is 35.5. The summed E-state index contributed by atoms with van der Waals surface area (Å²) in [6, 6.07) is 28.6. The number of hydrogen-bond donors (Lipinski definition) is 1. The average molecular weight is 355 g/mol. The smallest absolute Gasteiger partial charge is 0.0752 e. The number of fused-ring (bicyclic) bond motifs is 2. The van der Waals surface area contributed by atoms with E-state index in [4.69, 9.17) is 16.6 Å². The van der Waals surface area contributed by atoms with Crippen LogP contribution in [0, 0.1) is 0 Å². The summed E-state index contributed by atoms with van der Waals surface area (Å²) in [6.45, 7) is 0. The first kappa shape index (κ1) is 15.2. The molecule has 0 atom stereocenters. The molecule has 0 aliphatic heterocycles. The number of para-hydroxylation sites is 2. The fraction of sp³-hybridized carbons (Fsp3) is 0. The van der Waals surface area contributed by atoms with Crippen molar-refractivity contribution in [1.82, 2.24) is 9.97 Å². The first-order valence-electron chi connectivity index (χ1n) is 8.53. The Kier molecular flexibility index (Phi) is 3.51. The summed E-state index contributed by atoms with van der Waals surface area (Å²) in [5, 5.41) is 2.83. The molecule has 0 bridgehead atoms. The number of hydrogen-bond acceptors (Lipinski definition) is 1. The minimum atomic E-state index is 0.717. The summed E-state index contributed by atoms with van der Waals surface area (Å²) in [6.07, 6.45) is 0. The Hall–Kier alpha value is -3.10. The van der Waals surface area contributed by atoms with Crippen LogP contribution >= 0.6 is 11.6 Å². The predicted molar refractivity (Wildman–Crippen MR) is 109 cm³/mol. The second-order valence-corrected chi connectivity index (χ2v) is 6.70. The van der Waals surface area contributed by atoms with Crippen molar-refractivity contribution in [2.45, 2.75) is 0 Å². The Morgan fingerprint density at radius 3 is 2.27 bits per heavy atom. The highest BCUT2D eigenvalue weighted by Crippen LogP contribution is 2.39. The summed E-state index contributed by atoms with van der Waals surface area (Å²) >= 11 is 6.58. The molecule has 0 unspecified atom stereocenters. The molecule has 5 rings (SSSR count). The Balaban J connectivity index is 1.87. The quantitative estimate of drug-likeness (QED) is 0.375. The summed E-state index contributed by atoms with van der Waals surface area (Å²) < 4.78 is 0. The van der Waals surface area contributed by atoms with Crippen molar-refractivity contribution in [3.05, 3.63) is 90.0 Å². The van der Waals surface area contributed by atoms with Crippen LogP contribution in [0.4, 0.5) is 0 Å². The first-order valence-corrected chi connectivity index (χ1v) is 8.91. The van der Waals surface area contributed by atoms with Crippen LogP contribution in [0.2, 0.25) is 5.02 Å². The molecule has 0 amide bonds. The van der Waals surface area contributed by atoms with Crippen LogP contribution in [-0.2, 0) is 0 Å². The maximum Gasteiger partial charge on any atom is 0.0752 e. The number of rotatable bonds is 2. The molecule has 124 valence electrons. The van der Waals surface area contributed by atoms with Crippen molar-refractivity contribution in [3.63, 3.8) is 0 Å². The van der Waals surface area contributed by atoms with E-state index in [2.05, 4.69) is 35.3 Å². The van der Waals surface area contributed by atoms with E-state index in [1.165, 1.54) is 0 Å². The minimum absolute atomic E-state index is 0.717. The standard InChI is InChI=1S/C23H15ClN2/c24-18-14-21(25-19-12-6-4-10-16(18)19)22-17-11-5-7-13-20(17)26-23(22)15-8-2-1-3-9-15/h1-14,26H. The number of benzene rings is 3. The van der Waals surface area contributed by atoms with Crippen LogP contribution in [0.3, 0.4) is 0 Å². The lowest BCUT2D eigenvalue weighted by Crippen LogP contribution is -1.88. The molecule has 0 saturated heterocycles. The molecule has 3 heteroatoms. The molecule has 0 aliphatic carbocycles. The number of nitrogens with zero attached hydrogens (tertiary/aromatic N) is 1. The molecule has 26 heavy (non-hydrogen) atoms. The number of aromatic amines is 1. The van der Waals surface area contributed by atoms with Crippen molar-refractivity contribution < 1.29 is 0 Å². The summed E-state index contributed by atoms with van der Waals surface area (Å²) in [5.74, 6) is 0. The second-order valence-electron chi connectivity index (χ2n) is 6.29. The molecule has 1 N–H and O–H groups in total. The van der Waals surface area contributed by atoms with E-state index in [1.54, 1.807) is 0 Å². The molecular formula is C23H15ClN2. The van der Waals surface area contributed by atoms with Crippen molar-refractivity contribution in [3.8, 4) is 22.5 Å². The monoisotopic (exact) mass is 354 g/mol. The van der Waals surface area contributed by atoms with Crippen molar-refractivity contribution >= 4 is 33.4 Å². The van der Waals surface area contributed by atoms with Crippen LogP contribution in [0.5, 0.6) is 0 Å². The van der Waals surface area contributed by atoms with Gasteiger partial charge in [-0.15, -0.1) is 0 Å². The zero-order valence-corrected chi connectivity index (χ0v) is 14.7. The van der Waals surface area contributed by atoms with Crippen molar-refractivity contribution in [2.75, 3.05) is 0 Å². The molecule has 0 spiro atoms. The topological polar surface area (TPSA) is 28.7 Å². The highest BCUT2D eigenvalue weighted by Gasteiger charge is 2.17. The fourth-order valence-electron chi connectivity index (χ4n) is 3.49. The van der Waals surface area contributed by atoms with E-state index >= 15 is 0 Å². The summed E-state index contributed by atoms with van der Waals surface area (Å²) in [4.78, 5) is 8.47. The zero-order chi connectivity index (χ0) is 17.5. The van der Waals surface area contributed by atoms with E-state index in [1.807, 2.05) is 54.6 Å². The predicted octanol–water partition coefficient (Wildman–Crippen LogP) is 6.70. The van der Waals surface area contributed by atoms with E-state index in [9.17, 15) is 0 Å². The summed E-state index contributed by atoms with van der Waals surface area (Å²) in [5.41, 5.74) is 6.15. The number of aromatic nitrogens is 2. The van der Waals surface area contributed by atoms with Gasteiger partial charge in [-0.25, -0.2) is 4.98 Å². The number of pyridine rings is 1. The molecule has 5 aromatic rings. The molecule has 2 aromatic heterocycles. The first-order chi connectivity index (χ1) is 12.8. The lowest BCUT2D eigenvalue weighted by molar-refractivity contribution is 1.39. The van der Waals surface area contributed by atoms with Crippen LogP contribution in [0.15, 0.2) is 84.9 Å². The second kappa shape index (κ2) is 6.01. The van der Waals surface area contributed by atoms with Gasteiger partial charge in [0, 0.05) is 21.9 Å². The summed E-state index contributed by atoms with van der Waals surface area (Å²) in [7, 11) is 0. The van der Waals surface area contributed by atoms with Crippen molar-refractivity contribution in [2.24, 2.45) is 0 Å². The number of halogens is 1. The van der Waals surface area contributed by atoms with Gasteiger partial charge in [-0.05, 0) is 23.8 Å². The van der Waals surface area contributed by atoms with Crippen molar-refractivity contribution in [1.29, 1.82) is 0 Å². The lowest BCUT2D eigenvalue weighted by Gasteiger charge is -2.08. The Labute approximate surface area is 156 Å². The van der Waals surface area contributed by atoms with Gasteiger partial charge in [0.25, 0.3) is 0 Å². The zero-order valence-electron chi connectivity index (χ0n) is 13.9. The molecular weight excluding hydrogens is 340 g/mol. The number of nitrogens with one attached hydrogen (secondary N) is 1. The Morgan fingerprint density at radius 1 is 0.731 bits per heavy atom. The van der Waals surface area contributed by atoms with E-state index < -0.39 is 0 Å². The Bertz CT molecular complexity index is 1240. The Morgan fingerprint density at radius 2 is 1.42 bits per heavy atom. The lowest BCUT2D eigenvalue weighted by atomic mass is 10.0. The fourth-order valence-corrected chi connectivity index (χ4v) is 3.75. The molecule has 0 aliphatic rings. The van der Waals surface area contributed by atoms with Gasteiger partial charge in [-0.3, -0.25) is 0 Å². The average Bonchev–Trinajstić information content (AvgIpc) is 3.08. The molecule has 2 nitrogen and oxygen atoms in total. The third-order valence-corrected chi connectivity index (χ3v) is 5.00. The van der Waals surface area contributed by atoms with E-state index in [0.717, 1.165) is 49.3 Å². The van der Waals surface area contributed by atoms with Crippen LogP contribution in [0.1, 0.15) is 0 Å². The number of H-pyrrole nitrogens is 1. The molecule has 3 aromatic carbocycles. The van der Waals surface area contributed by atoms with Gasteiger partial charge < -0.3 is 4.98 Å². The van der Waals surface area contributed by atoms with Crippen LogP contribution in [-0.4, -0.2) is 9.97 Å². The van der Waals surface area contributed by atoms with E-state index in [0.29, 0.717) is 0 Å². The molecule has 0 fully saturated rings. The molecule has 2 heterocycles. The maximum atomic E-state index is 6.58. The third-order valence-electron chi connectivity index (χ3n) is 4.69. The minimum Gasteiger partial charge on any atom is -0.354 e. The molecule has 0 saturated carbocycles. The normalized spacial score (nSPS) is 11.3.